The van der Waals surface area contributed by atoms with Gasteiger partial charge in [0.05, 0.1) is 13.7 Å². The predicted octanol–water partition coefficient (Wildman–Crippen LogP) is 3.10. The highest BCUT2D eigenvalue weighted by Gasteiger charge is 2.03. The van der Waals surface area contributed by atoms with Crippen LogP contribution in [-0.2, 0) is 13.0 Å². The molecule has 0 atom stereocenters. The summed E-state index contributed by atoms with van der Waals surface area (Å²) >= 11 is 3.45. The highest BCUT2D eigenvalue weighted by atomic mass is 79.9. The van der Waals surface area contributed by atoms with Gasteiger partial charge in [-0.2, -0.15) is 0 Å². The Balaban J connectivity index is 1.86. The predicted molar refractivity (Wildman–Crippen MR) is 94.2 cm³/mol. The first kappa shape index (κ1) is 16.4. The van der Waals surface area contributed by atoms with Crippen LogP contribution in [0.1, 0.15) is 11.1 Å². The SMILES string of the molecule is COc1ccc(Br)cc1CN=C(N)NCCc1ccccc1. The molecule has 116 valence electrons. The van der Waals surface area contributed by atoms with Crippen LogP contribution >= 0.6 is 15.9 Å². The average Bonchev–Trinajstić information content (AvgIpc) is 2.54. The van der Waals surface area contributed by atoms with Crippen molar-refractivity contribution in [2.24, 2.45) is 10.7 Å². The van der Waals surface area contributed by atoms with Crippen LogP contribution in [0.15, 0.2) is 58.0 Å². The van der Waals surface area contributed by atoms with Gasteiger partial charge in [0.15, 0.2) is 5.96 Å². The van der Waals surface area contributed by atoms with Gasteiger partial charge in [0.2, 0.25) is 0 Å². The molecule has 0 saturated carbocycles. The fourth-order valence-corrected chi connectivity index (χ4v) is 2.49. The summed E-state index contributed by atoms with van der Waals surface area (Å²) in [6.45, 7) is 1.24. The Morgan fingerprint density at radius 3 is 2.73 bits per heavy atom. The Labute approximate surface area is 139 Å². The highest BCUT2D eigenvalue weighted by Crippen LogP contribution is 2.23. The molecule has 0 aliphatic rings. The molecule has 0 bridgehead atoms. The molecular weight excluding hydrogens is 342 g/mol. The molecule has 0 aliphatic heterocycles. The molecule has 0 fully saturated rings. The fourth-order valence-electron chi connectivity index (χ4n) is 2.08. The third-order valence-electron chi connectivity index (χ3n) is 3.22. The second-order valence-corrected chi connectivity index (χ2v) is 5.74. The molecule has 2 aromatic rings. The maximum atomic E-state index is 5.90. The number of nitrogens with one attached hydrogen (secondary N) is 1. The molecule has 22 heavy (non-hydrogen) atoms. The second-order valence-electron chi connectivity index (χ2n) is 4.82. The molecule has 2 aromatic carbocycles. The highest BCUT2D eigenvalue weighted by molar-refractivity contribution is 9.10. The van der Waals surface area contributed by atoms with E-state index >= 15 is 0 Å². The Kier molecular flexibility index (Phi) is 6.27. The third kappa shape index (κ3) is 5.07. The first-order valence-electron chi connectivity index (χ1n) is 7.09. The summed E-state index contributed by atoms with van der Waals surface area (Å²) in [4.78, 5) is 4.36. The monoisotopic (exact) mass is 361 g/mol. The van der Waals surface area contributed by atoms with E-state index in [2.05, 4.69) is 38.4 Å². The van der Waals surface area contributed by atoms with Crippen LogP contribution in [0.3, 0.4) is 0 Å². The van der Waals surface area contributed by atoms with Gasteiger partial charge >= 0.3 is 0 Å². The van der Waals surface area contributed by atoms with Crippen molar-refractivity contribution in [1.29, 1.82) is 0 Å². The normalized spacial score (nSPS) is 11.3. The Hall–Kier alpha value is -2.01. The molecule has 0 unspecified atom stereocenters. The van der Waals surface area contributed by atoms with Crippen LogP contribution < -0.4 is 15.8 Å². The number of guanidine groups is 1. The number of ether oxygens (including phenoxy) is 1. The van der Waals surface area contributed by atoms with E-state index in [1.807, 2.05) is 36.4 Å². The second kappa shape index (κ2) is 8.44. The van der Waals surface area contributed by atoms with E-state index in [1.54, 1.807) is 7.11 Å². The topological polar surface area (TPSA) is 59.6 Å². The van der Waals surface area contributed by atoms with E-state index in [1.165, 1.54) is 5.56 Å². The Morgan fingerprint density at radius 2 is 2.00 bits per heavy atom. The number of nitrogens with zero attached hydrogens (tertiary/aromatic N) is 1. The molecule has 0 saturated heterocycles. The van der Waals surface area contributed by atoms with Crippen LogP contribution in [-0.4, -0.2) is 19.6 Å². The van der Waals surface area contributed by atoms with Crippen molar-refractivity contribution in [1.82, 2.24) is 5.32 Å². The van der Waals surface area contributed by atoms with Gasteiger partial charge in [-0.05, 0) is 30.2 Å². The summed E-state index contributed by atoms with van der Waals surface area (Å²) in [5.41, 5.74) is 8.17. The largest absolute Gasteiger partial charge is 0.496 e. The molecule has 0 spiro atoms. The summed E-state index contributed by atoms with van der Waals surface area (Å²) in [6.07, 6.45) is 0.914. The van der Waals surface area contributed by atoms with E-state index < -0.39 is 0 Å². The minimum absolute atomic E-state index is 0.443. The van der Waals surface area contributed by atoms with Gasteiger partial charge in [0.1, 0.15) is 5.75 Å². The number of methoxy groups -OCH3 is 1. The summed E-state index contributed by atoms with van der Waals surface area (Å²) in [6, 6.07) is 16.1. The van der Waals surface area contributed by atoms with Gasteiger partial charge < -0.3 is 15.8 Å². The number of halogens is 1. The van der Waals surface area contributed by atoms with Crippen LogP contribution in [0.4, 0.5) is 0 Å². The number of rotatable bonds is 6. The minimum atomic E-state index is 0.443. The van der Waals surface area contributed by atoms with Crippen molar-refractivity contribution >= 4 is 21.9 Å². The standard InChI is InChI=1S/C17H20BrN3O/c1-22-16-8-7-15(18)11-14(16)12-21-17(19)20-10-9-13-5-3-2-4-6-13/h2-8,11H,9-10,12H2,1H3,(H3,19,20,21). The van der Waals surface area contributed by atoms with Crippen LogP contribution in [0, 0.1) is 0 Å². The molecule has 5 heteroatoms. The fraction of sp³-hybridized carbons (Fsp3) is 0.235. The summed E-state index contributed by atoms with van der Waals surface area (Å²) in [5, 5.41) is 3.13. The molecule has 0 heterocycles. The van der Waals surface area contributed by atoms with Crippen molar-refractivity contribution in [3.8, 4) is 5.75 Å². The molecule has 3 N–H and O–H groups in total. The van der Waals surface area contributed by atoms with Crippen molar-refractivity contribution in [3.05, 3.63) is 64.1 Å². The quantitative estimate of drug-likeness (QED) is 0.613. The molecular formula is C17H20BrN3O. The third-order valence-corrected chi connectivity index (χ3v) is 3.72. The lowest BCUT2D eigenvalue weighted by Crippen LogP contribution is -2.33. The summed E-state index contributed by atoms with van der Waals surface area (Å²) in [5.74, 6) is 1.25. The summed E-state index contributed by atoms with van der Waals surface area (Å²) in [7, 11) is 1.65. The van der Waals surface area contributed by atoms with Gasteiger partial charge in [-0.15, -0.1) is 0 Å². The van der Waals surface area contributed by atoms with E-state index in [0.29, 0.717) is 12.5 Å². The lowest BCUT2D eigenvalue weighted by atomic mass is 10.1. The van der Waals surface area contributed by atoms with Crippen LogP contribution in [0.5, 0.6) is 5.75 Å². The molecule has 0 aliphatic carbocycles. The van der Waals surface area contributed by atoms with Gasteiger partial charge in [-0.3, -0.25) is 0 Å². The molecule has 0 aromatic heterocycles. The van der Waals surface area contributed by atoms with E-state index in [9.17, 15) is 0 Å². The van der Waals surface area contributed by atoms with Crippen LogP contribution in [0.2, 0.25) is 0 Å². The summed E-state index contributed by atoms with van der Waals surface area (Å²) < 4.78 is 6.31. The number of hydrogen-bond donors (Lipinski definition) is 2. The number of nitrogens with two attached hydrogens (primary N) is 1. The van der Waals surface area contributed by atoms with Crippen molar-refractivity contribution < 1.29 is 4.74 Å². The van der Waals surface area contributed by atoms with Gasteiger partial charge in [-0.25, -0.2) is 4.99 Å². The van der Waals surface area contributed by atoms with E-state index in [-0.39, 0.29) is 0 Å². The number of aliphatic imine (C=N–C) groups is 1. The van der Waals surface area contributed by atoms with Crippen molar-refractivity contribution in [2.45, 2.75) is 13.0 Å². The lowest BCUT2D eigenvalue weighted by molar-refractivity contribution is 0.410. The smallest absolute Gasteiger partial charge is 0.188 e. The zero-order valence-corrected chi connectivity index (χ0v) is 14.1. The number of hydrogen-bond acceptors (Lipinski definition) is 2. The molecule has 0 amide bonds. The lowest BCUT2D eigenvalue weighted by Gasteiger charge is -2.08. The Bertz CT molecular complexity index is 629. The van der Waals surface area contributed by atoms with E-state index in [0.717, 1.165) is 28.8 Å². The molecule has 2 rings (SSSR count). The first-order valence-corrected chi connectivity index (χ1v) is 7.88. The molecule has 4 nitrogen and oxygen atoms in total. The Morgan fingerprint density at radius 1 is 1.23 bits per heavy atom. The van der Waals surface area contributed by atoms with Crippen molar-refractivity contribution in [2.75, 3.05) is 13.7 Å². The number of benzene rings is 2. The van der Waals surface area contributed by atoms with Gasteiger partial charge in [0, 0.05) is 16.6 Å². The maximum Gasteiger partial charge on any atom is 0.188 e. The zero-order valence-electron chi connectivity index (χ0n) is 12.6. The maximum absolute atomic E-state index is 5.90. The van der Waals surface area contributed by atoms with Gasteiger partial charge in [0.25, 0.3) is 0 Å². The average molecular weight is 362 g/mol. The zero-order chi connectivity index (χ0) is 15.8. The van der Waals surface area contributed by atoms with Crippen LogP contribution in [0.25, 0.3) is 0 Å². The molecule has 0 radical (unpaired) electrons. The van der Waals surface area contributed by atoms with Crippen molar-refractivity contribution in [3.63, 3.8) is 0 Å². The minimum Gasteiger partial charge on any atom is -0.496 e. The first-order chi connectivity index (χ1) is 10.7. The van der Waals surface area contributed by atoms with Gasteiger partial charge in [-0.1, -0.05) is 46.3 Å². The van der Waals surface area contributed by atoms with E-state index in [4.69, 9.17) is 10.5 Å².